The van der Waals surface area contributed by atoms with Gasteiger partial charge in [0, 0.05) is 13.0 Å². The number of rotatable bonds is 4. The molecule has 1 aromatic carbocycles. The number of aliphatic hydroxyl groups excluding tert-OH is 1. The molecule has 0 aromatic heterocycles. The van der Waals surface area contributed by atoms with Gasteiger partial charge in [-0.1, -0.05) is 18.5 Å². The van der Waals surface area contributed by atoms with E-state index in [1.54, 1.807) is 0 Å². The zero-order valence-electron chi connectivity index (χ0n) is 11.6. The molecule has 0 radical (unpaired) electrons. The Balaban J connectivity index is 3.26. The predicted octanol–water partition coefficient (Wildman–Crippen LogP) is 2.80. The fraction of sp³-hybridized carbons (Fsp3) is 0.385. The summed E-state index contributed by atoms with van der Waals surface area (Å²) in [6, 6.07) is 1.82. The quantitative estimate of drug-likeness (QED) is 0.887. The molecule has 9 heteroatoms. The molecule has 0 aliphatic heterocycles. The molecular weight excluding hydrogens is 325 g/mol. The first-order chi connectivity index (χ1) is 10.2. The Bertz CT molecular complexity index is 564. The number of benzene rings is 1. The van der Waals surface area contributed by atoms with E-state index in [2.05, 4.69) is 5.32 Å². The number of imide groups is 1. The predicted molar refractivity (Wildman–Crippen MR) is 74.7 cm³/mol. The highest BCUT2D eigenvalue weighted by atomic mass is 35.5. The number of nitrogens with one attached hydrogen (secondary N) is 1. The van der Waals surface area contributed by atoms with Crippen molar-refractivity contribution in [2.45, 2.75) is 19.5 Å². The molecule has 1 aromatic rings. The number of carbonyl (C=O) groups is 2. The van der Waals surface area contributed by atoms with Crippen molar-refractivity contribution >= 4 is 29.2 Å². The van der Waals surface area contributed by atoms with Crippen LogP contribution in [0.3, 0.4) is 0 Å². The van der Waals surface area contributed by atoms with Gasteiger partial charge in [0.05, 0.1) is 22.9 Å². The molecule has 3 amide bonds. The Labute approximate surface area is 129 Å². The lowest BCUT2D eigenvalue weighted by molar-refractivity contribution is -0.137. The topological polar surface area (TPSA) is 69.6 Å². The van der Waals surface area contributed by atoms with Crippen LogP contribution in [0.25, 0.3) is 0 Å². The Kier molecular flexibility index (Phi) is 6.19. The molecule has 1 rings (SSSR count). The summed E-state index contributed by atoms with van der Waals surface area (Å²) in [4.78, 5) is 24.4. The van der Waals surface area contributed by atoms with E-state index in [4.69, 9.17) is 16.7 Å². The highest BCUT2D eigenvalue weighted by Gasteiger charge is 2.34. The van der Waals surface area contributed by atoms with E-state index >= 15 is 0 Å². The fourth-order valence-electron chi connectivity index (χ4n) is 1.64. The van der Waals surface area contributed by atoms with Gasteiger partial charge >= 0.3 is 12.2 Å². The second-order valence-electron chi connectivity index (χ2n) is 4.20. The molecule has 0 unspecified atom stereocenters. The average Bonchev–Trinajstić information content (AvgIpc) is 2.45. The zero-order chi connectivity index (χ0) is 16.9. The van der Waals surface area contributed by atoms with Crippen LogP contribution in [-0.4, -0.2) is 30.2 Å². The van der Waals surface area contributed by atoms with Gasteiger partial charge in [-0.15, -0.1) is 0 Å². The molecule has 5 nitrogen and oxygen atoms in total. The maximum absolute atomic E-state index is 12.9. The highest BCUT2D eigenvalue weighted by Crippen LogP contribution is 2.37. The van der Waals surface area contributed by atoms with Crippen LogP contribution in [0, 0.1) is 0 Å². The fourth-order valence-corrected chi connectivity index (χ4v) is 1.87. The van der Waals surface area contributed by atoms with Gasteiger partial charge in [-0.2, -0.15) is 13.2 Å². The number of amides is 3. The molecule has 122 valence electrons. The highest BCUT2D eigenvalue weighted by molar-refractivity contribution is 6.31. The van der Waals surface area contributed by atoms with Crippen LogP contribution < -0.4 is 10.2 Å². The molecule has 2 N–H and O–H groups in total. The van der Waals surface area contributed by atoms with Crippen LogP contribution in [-0.2, 0) is 11.0 Å². The lowest BCUT2D eigenvalue weighted by atomic mass is 10.1. The number of nitrogens with zero attached hydrogens (tertiary/aromatic N) is 1. The van der Waals surface area contributed by atoms with Crippen LogP contribution in [0.4, 0.5) is 23.7 Å². The van der Waals surface area contributed by atoms with Crippen LogP contribution in [0.5, 0.6) is 0 Å². The van der Waals surface area contributed by atoms with Gasteiger partial charge in [-0.05, 0) is 18.2 Å². The summed E-state index contributed by atoms with van der Waals surface area (Å²) in [5, 5.41) is 10.4. The van der Waals surface area contributed by atoms with Crippen molar-refractivity contribution in [1.82, 2.24) is 5.32 Å². The zero-order valence-corrected chi connectivity index (χ0v) is 12.3. The van der Waals surface area contributed by atoms with Crippen LogP contribution in [0.2, 0.25) is 5.02 Å². The standard InChI is InChI=1S/C13H14ClF3N2O3/c1-2-11(21)19(12(22)18-5-6-20)8-3-4-10(14)9(7-8)13(15,16)17/h3-4,7,20H,2,5-6H2,1H3,(H,18,22). The number of hydrogen-bond donors (Lipinski definition) is 2. The molecular formula is C13H14ClF3N2O3. The van der Waals surface area contributed by atoms with E-state index in [-0.39, 0.29) is 25.3 Å². The molecule has 0 bridgehead atoms. The Hall–Kier alpha value is -1.80. The molecule has 0 spiro atoms. The molecule has 22 heavy (non-hydrogen) atoms. The molecule has 0 saturated heterocycles. The molecule has 0 aliphatic rings. The van der Waals surface area contributed by atoms with Gasteiger partial charge in [0.15, 0.2) is 0 Å². The van der Waals surface area contributed by atoms with E-state index in [1.165, 1.54) is 6.92 Å². The third-order valence-electron chi connectivity index (χ3n) is 2.66. The third kappa shape index (κ3) is 4.35. The number of urea groups is 1. The Morgan fingerprint density at radius 3 is 2.50 bits per heavy atom. The van der Waals surface area contributed by atoms with Crippen LogP contribution >= 0.6 is 11.6 Å². The van der Waals surface area contributed by atoms with E-state index in [9.17, 15) is 22.8 Å². The van der Waals surface area contributed by atoms with Gasteiger partial charge in [0.1, 0.15) is 0 Å². The van der Waals surface area contributed by atoms with Crippen molar-refractivity contribution in [3.05, 3.63) is 28.8 Å². The molecule has 0 aliphatic carbocycles. The van der Waals surface area contributed by atoms with Crippen LogP contribution in [0.15, 0.2) is 18.2 Å². The first kappa shape index (κ1) is 18.2. The molecule has 0 atom stereocenters. The smallest absolute Gasteiger partial charge is 0.395 e. The minimum Gasteiger partial charge on any atom is -0.395 e. The summed E-state index contributed by atoms with van der Waals surface area (Å²) in [6.45, 7) is 0.968. The Morgan fingerprint density at radius 2 is 2.00 bits per heavy atom. The maximum Gasteiger partial charge on any atom is 0.417 e. The van der Waals surface area contributed by atoms with Crippen LogP contribution in [0.1, 0.15) is 18.9 Å². The molecule has 0 heterocycles. The largest absolute Gasteiger partial charge is 0.417 e. The summed E-state index contributed by atoms with van der Waals surface area (Å²) < 4.78 is 38.6. The van der Waals surface area contributed by atoms with Crippen molar-refractivity contribution in [3.8, 4) is 0 Å². The van der Waals surface area contributed by atoms with Crippen molar-refractivity contribution < 1.29 is 27.9 Å². The summed E-state index contributed by atoms with van der Waals surface area (Å²) >= 11 is 5.51. The number of hydrogen-bond acceptors (Lipinski definition) is 3. The van der Waals surface area contributed by atoms with Gasteiger partial charge in [-0.25, -0.2) is 9.69 Å². The summed E-state index contributed by atoms with van der Waals surface area (Å²) in [5.41, 5.74) is -1.39. The minimum atomic E-state index is -4.71. The minimum absolute atomic E-state index is 0.0868. The summed E-state index contributed by atoms with van der Waals surface area (Å²) in [7, 11) is 0. The number of carbonyl (C=O) groups excluding carboxylic acids is 2. The lowest BCUT2D eigenvalue weighted by Crippen LogP contribution is -2.44. The first-order valence-electron chi connectivity index (χ1n) is 6.30. The van der Waals surface area contributed by atoms with Gasteiger partial charge in [0.2, 0.25) is 5.91 Å². The first-order valence-corrected chi connectivity index (χ1v) is 6.68. The summed E-state index contributed by atoms with van der Waals surface area (Å²) in [6.07, 6.45) is -4.80. The normalized spacial score (nSPS) is 11.2. The summed E-state index contributed by atoms with van der Waals surface area (Å²) in [5.74, 6) is -0.689. The van der Waals surface area contributed by atoms with E-state index < -0.39 is 28.7 Å². The van der Waals surface area contributed by atoms with E-state index in [0.29, 0.717) is 11.0 Å². The lowest BCUT2D eigenvalue weighted by Gasteiger charge is -2.22. The van der Waals surface area contributed by atoms with Gasteiger partial charge in [0.25, 0.3) is 0 Å². The van der Waals surface area contributed by atoms with Crippen molar-refractivity contribution in [3.63, 3.8) is 0 Å². The average molecular weight is 339 g/mol. The number of aliphatic hydroxyl groups is 1. The third-order valence-corrected chi connectivity index (χ3v) is 2.99. The van der Waals surface area contributed by atoms with Crippen molar-refractivity contribution in [2.24, 2.45) is 0 Å². The van der Waals surface area contributed by atoms with E-state index in [0.717, 1.165) is 12.1 Å². The SMILES string of the molecule is CCC(=O)N(C(=O)NCCO)c1ccc(Cl)c(C(F)(F)F)c1. The Morgan fingerprint density at radius 1 is 1.36 bits per heavy atom. The number of halogens is 4. The molecule has 0 saturated carbocycles. The number of anilines is 1. The number of alkyl halides is 3. The van der Waals surface area contributed by atoms with Crippen molar-refractivity contribution in [1.29, 1.82) is 0 Å². The second-order valence-corrected chi connectivity index (χ2v) is 4.61. The van der Waals surface area contributed by atoms with Crippen molar-refractivity contribution in [2.75, 3.05) is 18.1 Å². The maximum atomic E-state index is 12.9. The second kappa shape index (κ2) is 7.46. The monoisotopic (exact) mass is 338 g/mol. The van der Waals surface area contributed by atoms with Gasteiger partial charge < -0.3 is 10.4 Å². The van der Waals surface area contributed by atoms with E-state index in [1.807, 2.05) is 0 Å². The molecule has 0 fully saturated rings. The van der Waals surface area contributed by atoms with Gasteiger partial charge in [-0.3, -0.25) is 4.79 Å².